The first-order valence-corrected chi connectivity index (χ1v) is 8.68. The summed E-state index contributed by atoms with van der Waals surface area (Å²) in [7, 11) is 0. The molecule has 0 saturated carbocycles. The number of hydrogen-bond donors (Lipinski definition) is 1. The summed E-state index contributed by atoms with van der Waals surface area (Å²) < 4.78 is 0.491. The van der Waals surface area contributed by atoms with E-state index in [9.17, 15) is 9.59 Å². The van der Waals surface area contributed by atoms with Crippen molar-refractivity contribution in [1.29, 1.82) is 0 Å². The summed E-state index contributed by atoms with van der Waals surface area (Å²) in [5.74, 6) is -0.536. The molecule has 1 aliphatic rings. The highest BCUT2D eigenvalue weighted by molar-refractivity contribution is 8.26. The van der Waals surface area contributed by atoms with Crippen LogP contribution in [-0.4, -0.2) is 32.7 Å². The Kier molecular flexibility index (Phi) is 5.96. The molecule has 1 heterocycles. The van der Waals surface area contributed by atoms with E-state index in [0.717, 1.165) is 5.56 Å². The van der Waals surface area contributed by atoms with E-state index in [2.05, 4.69) is 26.0 Å². The standard InChI is InChI=1S/C17H19NO3S2/c1-11(2)13-7-5-12(6-8-13)10-14-16(21)18(17(22)23-14)9-3-4-15(19)20/h5-8,10-11H,3-4,9H2,1-2H3,(H,19,20)/b14-10+. The number of carbonyl (C=O) groups excluding carboxylic acids is 1. The first kappa shape index (κ1) is 17.7. The third-order valence-electron chi connectivity index (χ3n) is 3.55. The summed E-state index contributed by atoms with van der Waals surface area (Å²) >= 11 is 6.49. The quantitative estimate of drug-likeness (QED) is 0.624. The van der Waals surface area contributed by atoms with Crippen molar-refractivity contribution >= 4 is 46.3 Å². The van der Waals surface area contributed by atoms with E-state index in [1.807, 2.05) is 18.2 Å². The van der Waals surface area contributed by atoms with Crippen molar-refractivity contribution in [2.45, 2.75) is 32.6 Å². The molecule has 1 N–H and O–H groups in total. The molecule has 0 radical (unpaired) electrons. The minimum absolute atomic E-state index is 0.0345. The van der Waals surface area contributed by atoms with Gasteiger partial charge in [0.15, 0.2) is 0 Å². The number of hydrogen-bond acceptors (Lipinski definition) is 4. The topological polar surface area (TPSA) is 57.6 Å². The number of thiocarbonyl (C=S) groups is 1. The molecular weight excluding hydrogens is 330 g/mol. The molecule has 0 aromatic heterocycles. The lowest BCUT2D eigenvalue weighted by Crippen LogP contribution is -2.29. The van der Waals surface area contributed by atoms with Gasteiger partial charge in [-0.15, -0.1) is 0 Å². The molecule has 23 heavy (non-hydrogen) atoms. The summed E-state index contributed by atoms with van der Waals surface area (Å²) in [4.78, 5) is 25.0. The molecule has 1 aliphatic heterocycles. The van der Waals surface area contributed by atoms with Crippen LogP contribution in [0.1, 0.15) is 43.7 Å². The Hall–Kier alpha value is -1.66. The van der Waals surface area contributed by atoms with Crippen LogP contribution in [0.15, 0.2) is 29.2 Å². The predicted octanol–water partition coefficient (Wildman–Crippen LogP) is 3.88. The van der Waals surface area contributed by atoms with Crippen molar-refractivity contribution in [3.05, 3.63) is 40.3 Å². The van der Waals surface area contributed by atoms with Crippen molar-refractivity contribution in [3.8, 4) is 0 Å². The predicted molar refractivity (Wildman–Crippen MR) is 97.3 cm³/mol. The fraction of sp³-hybridized carbons (Fsp3) is 0.353. The van der Waals surface area contributed by atoms with Gasteiger partial charge in [0, 0.05) is 13.0 Å². The van der Waals surface area contributed by atoms with Crippen LogP contribution < -0.4 is 0 Å². The number of carbonyl (C=O) groups is 2. The molecule has 6 heteroatoms. The Labute approximate surface area is 145 Å². The second-order valence-corrected chi connectivity index (χ2v) is 7.33. The van der Waals surface area contributed by atoms with E-state index in [4.69, 9.17) is 17.3 Å². The number of thioether (sulfide) groups is 1. The van der Waals surface area contributed by atoms with Crippen LogP contribution in [0.4, 0.5) is 0 Å². The number of rotatable bonds is 6. The van der Waals surface area contributed by atoms with Gasteiger partial charge in [0.1, 0.15) is 4.32 Å². The normalized spacial score (nSPS) is 16.7. The fourth-order valence-electron chi connectivity index (χ4n) is 2.21. The van der Waals surface area contributed by atoms with Crippen LogP contribution in [0, 0.1) is 0 Å². The molecule has 0 unspecified atom stereocenters. The van der Waals surface area contributed by atoms with Gasteiger partial charge in [-0.2, -0.15) is 0 Å². The average molecular weight is 349 g/mol. The van der Waals surface area contributed by atoms with Crippen molar-refractivity contribution in [3.63, 3.8) is 0 Å². The Morgan fingerprint density at radius 2 is 2.00 bits per heavy atom. The largest absolute Gasteiger partial charge is 0.481 e. The van der Waals surface area contributed by atoms with Crippen molar-refractivity contribution < 1.29 is 14.7 Å². The fourth-order valence-corrected chi connectivity index (χ4v) is 3.52. The Bertz CT molecular complexity index is 650. The molecule has 1 amide bonds. The van der Waals surface area contributed by atoms with Gasteiger partial charge in [0.25, 0.3) is 5.91 Å². The first-order valence-electron chi connectivity index (χ1n) is 7.45. The minimum atomic E-state index is -0.865. The molecule has 1 aromatic carbocycles. The molecule has 122 valence electrons. The average Bonchev–Trinajstić information content (AvgIpc) is 2.75. The van der Waals surface area contributed by atoms with Gasteiger partial charge in [0.05, 0.1) is 4.91 Å². The third kappa shape index (κ3) is 4.65. The van der Waals surface area contributed by atoms with Crippen LogP contribution in [0.25, 0.3) is 6.08 Å². The molecule has 0 aliphatic carbocycles. The molecule has 1 aromatic rings. The van der Waals surface area contributed by atoms with Gasteiger partial charge in [-0.25, -0.2) is 0 Å². The summed E-state index contributed by atoms with van der Waals surface area (Å²) in [5, 5.41) is 8.67. The van der Waals surface area contributed by atoms with Crippen LogP contribution >= 0.6 is 24.0 Å². The Morgan fingerprint density at radius 1 is 1.35 bits per heavy atom. The number of carboxylic acids is 1. The summed E-state index contributed by atoms with van der Waals surface area (Å²) in [6.07, 6.45) is 2.27. The SMILES string of the molecule is CC(C)c1ccc(/C=C2/SC(=S)N(CCCC(=O)O)C2=O)cc1. The number of benzene rings is 1. The van der Waals surface area contributed by atoms with Crippen LogP contribution in [0.5, 0.6) is 0 Å². The molecular formula is C17H19NO3S2. The van der Waals surface area contributed by atoms with E-state index in [-0.39, 0.29) is 12.3 Å². The zero-order valence-corrected chi connectivity index (χ0v) is 14.7. The van der Waals surface area contributed by atoms with Crippen LogP contribution in [0.2, 0.25) is 0 Å². The second kappa shape index (κ2) is 7.75. The van der Waals surface area contributed by atoms with E-state index < -0.39 is 5.97 Å². The smallest absolute Gasteiger partial charge is 0.303 e. The zero-order chi connectivity index (χ0) is 17.0. The maximum atomic E-state index is 12.4. The summed E-state index contributed by atoms with van der Waals surface area (Å²) in [5.41, 5.74) is 2.21. The molecule has 0 bridgehead atoms. The van der Waals surface area contributed by atoms with Crippen molar-refractivity contribution in [2.75, 3.05) is 6.54 Å². The van der Waals surface area contributed by atoms with Gasteiger partial charge in [-0.3, -0.25) is 14.5 Å². The lowest BCUT2D eigenvalue weighted by Gasteiger charge is -2.13. The molecule has 1 fully saturated rings. The lowest BCUT2D eigenvalue weighted by molar-refractivity contribution is -0.137. The van der Waals surface area contributed by atoms with Gasteiger partial charge in [-0.1, -0.05) is 62.1 Å². The summed E-state index contributed by atoms with van der Waals surface area (Å²) in [6.45, 7) is 4.62. The van der Waals surface area contributed by atoms with Crippen molar-refractivity contribution in [1.82, 2.24) is 4.90 Å². The van der Waals surface area contributed by atoms with E-state index in [1.165, 1.54) is 22.2 Å². The molecule has 0 spiro atoms. The number of carboxylic acid groups (broad SMARTS) is 1. The maximum Gasteiger partial charge on any atom is 0.303 e. The van der Waals surface area contributed by atoms with Gasteiger partial charge < -0.3 is 5.11 Å². The monoisotopic (exact) mass is 349 g/mol. The number of nitrogens with zero attached hydrogens (tertiary/aromatic N) is 1. The zero-order valence-electron chi connectivity index (χ0n) is 13.1. The van der Waals surface area contributed by atoms with E-state index in [0.29, 0.717) is 28.1 Å². The highest BCUT2D eigenvalue weighted by Gasteiger charge is 2.31. The number of aliphatic carboxylic acids is 1. The van der Waals surface area contributed by atoms with Crippen LogP contribution in [-0.2, 0) is 9.59 Å². The third-order valence-corrected chi connectivity index (χ3v) is 4.92. The van der Waals surface area contributed by atoms with E-state index >= 15 is 0 Å². The Balaban J connectivity index is 2.07. The van der Waals surface area contributed by atoms with Gasteiger partial charge in [-0.05, 0) is 29.5 Å². The van der Waals surface area contributed by atoms with E-state index in [1.54, 1.807) is 0 Å². The molecule has 0 atom stereocenters. The highest BCUT2D eigenvalue weighted by atomic mass is 32.2. The lowest BCUT2D eigenvalue weighted by atomic mass is 10.0. The van der Waals surface area contributed by atoms with Crippen molar-refractivity contribution in [2.24, 2.45) is 0 Å². The number of amides is 1. The van der Waals surface area contributed by atoms with Gasteiger partial charge >= 0.3 is 5.97 Å². The molecule has 2 rings (SSSR count). The summed E-state index contributed by atoms with van der Waals surface area (Å²) in [6, 6.07) is 8.10. The Morgan fingerprint density at radius 3 is 2.57 bits per heavy atom. The second-order valence-electron chi connectivity index (χ2n) is 5.65. The highest BCUT2D eigenvalue weighted by Crippen LogP contribution is 2.32. The first-order chi connectivity index (χ1) is 10.9. The molecule has 1 saturated heterocycles. The van der Waals surface area contributed by atoms with Gasteiger partial charge in [0.2, 0.25) is 0 Å². The minimum Gasteiger partial charge on any atom is -0.481 e. The maximum absolute atomic E-state index is 12.4. The molecule has 4 nitrogen and oxygen atoms in total. The van der Waals surface area contributed by atoms with Crippen LogP contribution in [0.3, 0.4) is 0 Å².